The molecule has 7 heteroatoms. The van der Waals surface area contributed by atoms with Gasteiger partial charge in [-0.15, -0.1) is 0 Å². The number of anilines is 1. The van der Waals surface area contributed by atoms with Gasteiger partial charge in [-0.3, -0.25) is 14.3 Å². The van der Waals surface area contributed by atoms with Crippen LogP contribution in [0, 0.1) is 13.8 Å². The maximum atomic E-state index is 12.1. The maximum Gasteiger partial charge on any atom is 0.253 e. The van der Waals surface area contributed by atoms with E-state index < -0.39 is 5.91 Å². The molecular weight excluding hydrogens is 330 g/mol. The lowest BCUT2D eigenvalue weighted by atomic mass is 10.1. The zero-order chi connectivity index (χ0) is 18.6. The van der Waals surface area contributed by atoms with Crippen molar-refractivity contribution in [2.45, 2.75) is 13.8 Å². The van der Waals surface area contributed by atoms with Crippen LogP contribution in [0.1, 0.15) is 21.5 Å². The molecule has 1 aromatic carbocycles. The molecule has 0 saturated carbocycles. The summed E-state index contributed by atoms with van der Waals surface area (Å²) < 4.78 is 1.67. The maximum absolute atomic E-state index is 12.1. The number of nitrogen functional groups attached to an aromatic ring is 1. The van der Waals surface area contributed by atoms with Gasteiger partial charge in [-0.25, -0.2) is 4.98 Å². The molecule has 0 radical (unpaired) electrons. The van der Waals surface area contributed by atoms with Gasteiger partial charge in [0, 0.05) is 17.1 Å². The zero-order valence-electron chi connectivity index (χ0n) is 14.3. The first-order valence-corrected chi connectivity index (χ1v) is 8.05. The number of aromatic hydroxyl groups is 1. The normalized spacial score (nSPS) is 11.3. The number of rotatable bonds is 2. The standard InChI is InChI=1S/C19H17N5O2/c1-9-5-6-14(25)10(2)16(9)24-17(20)15(18(21)26)11-8-13-12(23-19(11)24)4-3-7-22-13/h3-8,25H,20H2,1-2H3,(H2,21,26). The predicted molar refractivity (Wildman–Crippen MR) is 100 cm³/mol. The van der Waals surface area contributed by atoms with E-state index in [-0.39, 0.29) is 17.1 Å². The number of pyridine rings is 2. The van der Waals surface area contributed by atoms with Crippen molar-refractivity contribution >= 4 is 33.8 Å². The van der Waals surface area contributed by atoms with Crippen molar-refractivity contribution in [2.24, 2.45) is 5.73 Å². The van der Waals surface area contributed by atoms with Crippen molar-refractivity contribution in [2.75, 3.05) is 5.73 Å². The Labute approximate surface area is 148 Å². The van der Waals surface area contributed by atoms with E-state index in [0.29, 0.717) is 33.3 Å². The second-order valence-corrected chi connectivity index (χ2v) is 6.24. The lowest BCUT2D eigenvalue weighted by Gasteiger charge is -2.15. The monoisotopic (exact) mass is 347 g/mol. The van der Waals surface area contributed by atoms with Crippen molar-refractivity contribution in [3.05, 3.63) is 53.2 Å². The van der Waals surface area contributed by atoms with E-state index in [0.717, 1.165) is 5.56 Å². The Morgan fingerprint density at radius 1 is 1.19 bits per heavy atom. The van der Waals surface area contributed by atoms with E-state index in [2.05, 4.69) is 9.97 Å². The molecule has 0 spiro atoms. The van der Waals surface area contributed by atoms with Gasteiger partial charge in [0.25, 0.3) is 5.91 Å². The van der Waals surface area contributed by atoms with Crippen LogP contribution in [0.5, 0.6) is 5.75 Å². The highest BCUT2D eigenvalue weighted by Crippen LogP contribution is 2.36. The first-order chi connectivity index (χ1) is 12.4. The molecule has 26 heavy (non-hydrogen) atoms. The first kappa shape index (κ1) is 15.9. The van der Waals surface area contributed by atoms with Gasteiger partial charge in [0.1, 0.15) is 17.2 Å². The third-order valence-electron chi connectivity index (χ3n) is 4.62. The molecule has 0 saturated heterocycles. The van der Waals surface area contributed by atoms with Crippen LogP contribution in [0.2, 0.25) is 0 Å². The predicted octanol–water partition coefficient (Wildman–Crippen LogP) is 2.58. The van der Waals surface area contributed by atoms with Crippen molar-refractivity contribution in [3.8, 4) is 11.4 Å². The third-order valence-corrected chi connectivity index (χ3v) is 4.62. The van der Waals surface area contributed by atoms with Crippen molar-refractivity contribution < 1.29 is 9.90 Å². The van der Waals surface area contributed by atoms with E-state index >= 15 is 0 Å². The van der Waals surface area contributed by atoms with Crippen LogP contribution >= 0.6 is 0 Å². The number of nitrogens with zero attached hydrogens (tertiary/aromatic N) is 3. The highest BCUT2D eigenvalue weighted by molar-refractivity contribution is 6.12. The fourth-order valence-corrected chi connectivity index (χ4v) is 3.36. The smallest absolute Gasteiger partial charge is 0.253 e. The Bertz CT molecular complexity index is 1210. The zero-order valence-corrected chi connectivity index (χ0v) is 14.3. The summed E-state index contributed by atoms with van der Waals surface area (Å²) in [6.07, 6.45) is 1.66. The number of fused-ring (bicyclic) bond motifs is 2. The SMILES string of the molecule is Cc1ccc(O)c(C)c1-n1c(N)c(C(N)=O)c2cc3ncccc3nc21. The number of hydrogen-bond donors (Lipinski definition) is 3. The van der Waals surface area contributed by atoms with E-state index in [1.54, 1.807) is 42.0 Å². The van der Waals surface area contributed by atoms with E-state index in [1.165, 1.54) is 0 Å². The van der Waals surface area contributed by atoms with E-state index in [4.69, 9.17) is 11.5 Å². The average Bonchev–Trinajstić information content (AvgIpc) is 2.88. The molecule has 4 aromatic rings. The third kappa shape index (κ3) is 2.10. The summed E-state index contributed by atoms with van der Waals surface area (Å²) in [5.74, 6) is -0.319. The highest BCUT2D eigenvalue weighted by atomic mass is 16.3. The molecule has 0 unspecified atom stereocenters. The molecule has 3 aromatic heterocycles. The van der Waals surface area contributed by atoms with Gasteiger partial charge in [0.2, 0.25) is 0 Å². The van der Waals surface area contributed by atoms with Crippen LogP contribution in [0.3, 0.4) is 0 Å². The van der Waals surface area contributed by atoms with Crippen LogP contribution in [-0.4, -0.2) is 25.5 Å². The van der Waals surface area contributed by atoms with Gasteiger partial charge in [-0.2, -0.15) is 0 Å². The molecule has 0 atom stereocenters. The largest absolute Gasteiger partial charge is 0.508 e. The number of primary amides is 1. The summed E-state index contributed by atoms with van der Waals surface area (Å²) in [6.45, 7) is 3.69. The minimum atomic E-state index is -0.640. The lowest BCUT2D eigenvalue weighted by molar-refractivity contribution is 0.100. The van der Waals surface area contributed by atoms with Crippen LogP contribution in [0.4, 0.5) is 5.82 Å². The van der Waals surface area contributed by atoms with Gasteiger partial charge >= 0.3 is 0 Å². The number of aromatic nitrogens is 3. The molecule has 130 valence electrons. The first-order valence-electron chi connectivity index (χ1n) is 8.05. The minimum absolute atomic E-state index is 0.134. The number of carbonyl (C=O) groups excluding carboxylic acids is 1. The summed E-state index contributed by atoms with van der Waals surface area (Å²) in [7, 11) is 0. The van der Waals surface area contributed by atoms with Crippen LogP contribution in [0.25, 0.3) is 27.8 Å². The van der Waals surface area contributed by atoms with Gasteiger partial charge in [0.05, 0.1) is 22.3 Å². The topological polar surface area (TPSA) is 120 Å². The molecule has 0 fully saturated rings. The number of amides is 1. The van der Waals surface area contributed by atoms with Gasteiger partial charge in [-0.05, 0) is 43.7 Å². The number of benzene rings is 1. The Balaban J connectivity index is 2.23. The minimum Gasteiger partial charge on any atom is -0.508 e. The molecular formula is C19H17N5O2. The van der Waals surface area contributed by atoms with Crippen LogP contribution in [-0.2, 0) is 0 Å². The Morgan fingerprint density at radius 2 is 1.96 bits per heavy atom. The van der Waals surface area contributed by atoms with E-state index in [1.807, 2.05) is 13.0 Å². The van der Waals surface area contributed by atoms with Crippen LogP contribution < -0.4 is 11.5 Å². The van der Waals surface area contributed by atoms with Crippen molar-refractivity contribution in [1.82, 2.24) is 14.5 Å². The number of nitrogens with two attached hydrogens (primary N) is 2. The second kappa shape index (κ2) is 5.45. The average molecular weight is 347 g/mol. The molecule has 0 aliphatic heterocycles. The Morgan fingerprint density at radius 3 is 2.69 bits per heavy atom. The summed E-state index contributed by atoms with van der Waals surface area (Å²) in [5.41, 5.74) is 16.1. The van der Waals surface area contributed by atoms with Crippen LogP contribution in [0.15, 0.2) is 36.5 Å². The van der Waals surface area contributed by atoms with Crippen molar-refractivity contribution in [1.29, 1.82) is 0 Å². The Kier molecular flexibility index (Phi) is 3.33. The molecule has 5 N–H and O–H groups in total. The number of aryl methyl sites for hydroxylation is 1. The van der Waals surface area contributed by atoms with Gasteiger partial charge in [-0.1, -0.05) is 6.07 Å². The fourth-order valence-electron chi connectivity index (χ4n) is 3.36. The van der Waals surface area contributed by atoms with E-state index in [9.17, 15) is 9.90 Å². The van der Waals surface area contributed by atoms with Crippen molar-refractivity contribution in [3.63, 3.8) is 0 Å². The quantitative estimate of drug-likeness (QED) is 0.515. The summed E-state index contributed by atoms with van der Waals surface area (Å²) in [5, 5.41) is 10.7. The van der Waals surface area contributed by atoms with Gasteiger partial charge in [0.15, 0.2) is 0 Å². The lowest BCUT2D eigenvalue weighted by Crippen LogP contribution is -2.14. The number of phenolic OH excluding ortho intramolecular Hbond substituents is 1. The number of hydrogen-bond acceptors (Lipinski definition) is 5. The molecule has 0 bridgehead atoms. The summed E-state index contributed by atoms with van der Waals surface area (Å²) in [4.78, 5) is 21.0. The molecule has 0 aliphatic carbocycles. The molecule has 7 nitrogen and oxygen atoms in total. The molecule has 0 aliphatic rings. The molecule has 3 heterocycles. The second-order valence-electron chi connectivity index (χ2n) is 6.24. The fraction of sp³-hybridized carbons (Fsp3) is 0.105. The summed E-state index contributed by atoms with van der Waals surface area (Å²) in [6, 6.07) is 8.80. The molecule has 1 amide bonds. The number of carbonyl (C=O) groups is 1. The molecule has 4 rings (SSSR count). The highest BCUT2D eigenvalue weighted by Gasteiger charge is 2.24. The number of phenols is 1. The summed E-state index contributed by atoms with van der Waals surface area (Å²) >= 11 is 0. The Hall–Kier alpha value is -3.61. The van der Waals surface area contributed by atoms with Gasteiger partial charge < -0.3 is 16.6 Å².